The van der Waals surface area contributed by atoms with Crippen LogP contribution in [0.5, 0.6) is 0 Å². The van der Waals surface area contributed by atoms with Gasteiger partial charge in [0.15, 0.2) is 0 Å². The molecule has 4 rings (SSSR count). The maximum absolute atomic E-state index is 12.8. The van der Waals surface area contributed by atoms with Gasteiger partial charge < -0.3 is 9.52 Å². The van der Waals surface area contributed by atoms with Crippen molar-refractivity contribution < 1.29 is 19.1 Å². The molecule has 0 unspecified atom stereocenters. The van der Waals surface area contributed by atoms with Crippen molar-refractivity contribution in [2.75, 3.05) is 0 Å². The Labute approximate surface area is 186 Å². The number of hydrogen-bond donors (Lipinski definition) is 1. The zero-order chi connectivity index (χ0) is 21.3. The van der Waals surface area contributed by atoms with Crippen molar-refractivity contribution in [3.05, 3.63) is 87.5 Å². The fourth-order valence-electron chi connectivity index (χ4n) is 2.93. The second-order valence-electron chi connectivity index (χ2n) is 6.44. The molecule has 150 valence electrons. The van der Waals surface area contributed by atoms with E-state index in [1.54, 1.807) is 36.4 Å². The summed E-state index contributed by atoms with van der Waals surface area (Å²) in [5.74, 6) is -0.107. The van der Waals surface area contributed by atoms with Crippen molar-refractivity contribution in [3.8, 4) is 11.3 Å². The van der Waals surface area contributed by atoms with E-state index in [-0.39, 0.29) is 11.5 Å². The smallest absolute Gasteiger partial charge is 0.335 e. The van der Waals surface area contributed by atoms with Gasteiger partial charge in [-0.1, -0.05) is 65.9 Å². The van der Waals surface area contributed by atoms with Crippen molar-refractivity contribution in [2.45, 2.75) is 6.54 Å². The fourth-order valence-corrected chi connectivity index (χ4v) is 4.36. The van der Waals surface area contributed by atoms with Crippen molar-refractivity contribution in [1.29, 1.82) is 0 Å². The summed E-state index contributed by atoms with van der Waals surface area (Å²) >= 11 is 12.8. The number of halogens is 1. The van der Waals surface area contributed by atoms with Crippen LogP contribution in [0, 0.1) is 0 Å². The molecule has 1 fully saturated rings. The lowest BCUT2D eigenvalue weighted by molar-refractivity contribution is -0.122. The molecule has 30 heavy (non-hydrogen) atoms. The average molecular weight is 456 g/mol. The minimum atomic E-state index is -0.986. The quantitative estimate of drug-likeness (QED) is 0.393. The molecule has 3 aromatic rings. The molecule has 1 aromatic heterocycles. The van der Waals surface area contributed by atoms with Crippen LogP contribution in [0.15, 0.2) is 70.0 Å². The van der Waals surface area contributed by atoms with Crippen LogP contribution in [0.1, 0.15) is 21.7 Å². The zero-order valence-electron chi connectivity index (χ0n) is 15.4. The number of furan rings is 1. The highest BCUT2D eigenvalue weighted by Gasteiger charge is 2.32. The number of benzene rings is 2. The second-order valence-corrected chi connectivity index (χ2v) is 8.53. The third kappa shape index (κ3) is 4.18. The predicted octanol–water partition coefficient (Wildman–Crippen LogP) is 5.70. The van der Waals surface area contributed by atoms with Gasteiger partial charge in [0.05, 0.1) is 17.0 Å². The molecular weight excluding hydrogens is 442 g/mol. The number of amides is 1. The van der Waals surface area contributed by atoms with Gasteiger partial charge in [-0.25, -0.2) is 4.79 Å². The van der Waals surface area contributed by atoms with Crippen LogP contribution in [-0.4, -0.2) is 26.2 Å². The Morgan fingerprint density at radius 1 is 1.13 bits per heavy atom. The third-order valence-electron chi connectivity index (χ3n) is 4.48. The van der Waals surface area contributed by atoms with Gasteiger partial charge >= 0.3 is 5.97 Å². The van der Waals surface area contributed by atoms with Gasteiger partial charge in [0.2, 0.25) is 0 Å². The first-order chi connectivity index (χ1) is 14.4. The number of carboxylic acid groups (broad SMARTS) is 1. The van der Waals surface area contributed by atoms with E-state index in [1.807, 2.05) is 18.2 Å². The number of thioether (sulfide) groups is 1. The molecule has 2 aromatic carbocycles. The number of carboxylic acids is 1. The Morgan fingerprint density at radius 2 is 1.87 bits per heavy atom. The Kier molecular flexibility index (Phi) is 5.76. The Balaban J connectivity index is 1.53. The predicted molar refractivity (Wildman–Crippen MR) is 121 cm³/mol. The number of thiocarbonyl (C=S) groups is 1. The summed E-state index contributed by atoms with van der Waals surface area (Å²) in [6.07, 6.45) is 1.65. The molecule has 0 radical (unpaired) electrons. The van der Waals surface area contributed by atoms with E-state index in [4.69, 9.17) is 33.3 Å². The number of carbonyl (C=O) groups is 2. The maximum Gasteiger partial charge on any atom is 0.335 e. The van der Waals surface area contributed by atoms with Crippen molar-refractivity contribution in [3.63, 3.8) is 0 Å². The minimum absolute atomic E-state index is 0.200. The summed E-state index contributed by atoms with van der Waals surface area (Å²) in [5.41, 5.74) is 1.76. The Morgan fingerprint density at radius 3 is 2.57 bits per heavy atom. The first-order valence-corrected chi connectivity index (χ1v) is 10.4. The van der Waals surface area contributed by atoms with Gasteiger partial charge in [-0.05, 0) is 35.9 Å². The van der Waals surface area contributed by atoms with E-state index in [0.717, 1.165) is 11.1 Å². The molecule has 1 aliphatic rings. The van der Waals surface area contributed by atoms with Crippen LogP contribution >= 0.6 is 35.6 Å². The summed E-state index contributed by atoms with van der Waals surface area (Å²) in [4.78, 5) is 25.8. The van der Waals surface area contributed by atoms with E-state index in [2.05, 4.69) is 0 Å². The molecule has 1 N–H and O–H groups in total. The summed E-state index contributed by atoms with van der Waals surface area (Å²) in [6.45, 7) is 0.307. The van der Waals surface area contributed by atoms with E-state index >= 15 is 0 Å². The minimum Gasteiger partial charge on any atom is -0.478 e. The molecular formula is C22H14ClNO4S2. The molecule has 0 bridgehead atoms. The first kappa shape index (κ1) is 20.4. The second kappa shape index (κ2) is 8.47. The first-order valence-electron chi connectivity index (χ1n) is 8.85. The Bertz CT molecular complexity index is 1180. The molecule has 1 amide bonds. The van der Waals surface area contributed by atoms with Gasteiger partial charge in [-0.15, -0.1) is 0 Å². The molecule has 0 spiro atoms. The SMILES string of the molecule is O=C(O)c1ccc(-c2ccc(C=C3SC(=S)N(Cc4ccccc4Cl)C3=O)o2)cc1. The Hall–Kier alpha value is -2.87. The van der Waals surface area contributed by atoms with E-state index in [9.17, 15) is 9.59 Å². The molecule has 1 saturated heterocycles. The van der Waals surface area contributed by atoms with E-state index in [1.165, 1.54) is 28.8 Å². The molecule has 0 atom stereocenters. The van der Waals surface area contributed by atoms with Gasteiger partial charge in [0.1, 0.15) is 15.8 Å². The molecule has 0 aliphatic carbocycles. The number of carbonyl (C=O) groups excluding carboxylic acids is 1. The number of aromatic carboxylic acids is 1. The molecule has 8 heteroatoms. The zero-order valence-corrected chi connectivity index (χ0v) is 17.8. The lowest BCUT2D eigenvalue weighted by atomic mass is 10.1. The molecule has 2 heterocycles. The molecule has 0 saturated carbocycles. The average Bonchev–Trinajstić information content (AvgIpc) is 3.30. The molecule has 5 nitrogen and oxygen atoms in total. The van der Waals surface area contributed by atoms with Crippen molar-refractivity contribution >= 4 is 57.9 Å². The summed E-state index contributed by atoms with van der Waals surface area (Å²) < 4.78 is 6.28. The van der Waals surface area contributed by atoms with Crippen molar-refractivity contribution in [1.82, 2.24) is 4.90 Å². The van der Waals surface area contributed by atoms with Gasteiger partial charge in [-0.3, -0.25) is 9.69 Å². The lowest BCUT2D eigenvalue weighted by Crippen LogP contribution is -2.27. The standard InChI is InChI=1S/C22H14ClNO4S2/c23-17-4-2-1-3-15(17)12-24-20(25)19(30-22(24)29)11-16-9-10-18(28-16)13-5-7-14(8-6-13)21(26)27/h1-11H,12H2,(H,26,27). The normalized spacial score (nSPS) is 15.2. The largest absolute Gasteiger partial charge is 0.478 e. The van der Waals surface area contributed by atoms with Crippen LogP contribution in [0.2, 0.25) is 5.02 Å². The topological polar surface area (TPSA) is 70.8 Å². The molecule has 1 aliphatic heterocycles. The number of nitrogens with zero attached hydrogens (tertiary/aromatic N) is 1. The van der Waals surface area contributed by atoms with Crippen LogP contribution in [-0.2, 0) is 11.3 Å². The van der Waals surface area contributed by atoms with E-state index < -0.39 is 5.97 Å². The summed E-state index contributed by atoms with van der Waals surface area (Å²) in [7, 11) is 0. The van der Waals surface area contributed by atoms with Gasteiger partial charge in [0.25, 0.3) is 5.91 Å². The lowest BCUT2D eigenvalue weighted by Gasteiger charge is -2.15. The highest BCUT2D eigenvalue weighted by atomic mass is 35.5. The van der Waals surface area contributed by atoms with E-state index in [0.29, 0.717) is 32.3 Å². The van der Waals surface area contributed by atoms with Gasteiger partial charge in [-0.2, -0.15) is 0 Å². The van der Waals surface area contributed by atoms with Crippen LogP contribution < -0.4 is 0 Å². The van der Waals surface area contributed by atoms with Gasteiger partial charge in [0, 0.05) is 16.7 Å². The summed E-state index contributed by atoms with van der Waals surface area (Å²) in [6, 6.07) is 17.2. The highest BCUT2D eigenvalue weighted by molar-refractivity contribution is 8.26. The highest BCUT2D eigenvalue weighted by Crippen LogP contribution is 2.35. The van der Waals surface area contributed by atoms with Crippen LogP contribution in [0.4, 0.5) is 0 Å². The maximum atomic E-state index is 12.8. The third-order valence-corrected chi connectivity index (χ3v) is 6.22. The summed E-state index contributed by atoms with van der Waals surface area (Å²) in [5, 5.41) is 9.58. The number of hydrogen-bond acceptors (Lipinski definition) is 5. The fraction of sp³-hybridized carbons (Fsp3) is 0.0455. The van der Waals surface area contributed by atoms with Crippen molar-refractivity contribution in [2.24, 2.45) is 0 Å². The van der Waals surface area contributed by atoms with Crippen LogP contribution in [0.25, 0.3) is 17.4 Å². The monoisotopic (exact) mass is 455 g/mol. The number of rotatable bonds is 5. The van der Waals surface area contributed by atoms with Crippen LogP contribution in [0.3, 0.4) is 0 Å².